The van der Waals surface area contributed by atoms with Gasteiger partial charge >= 0.3 is 0 Å². The van der Waals surface area contributed by atoms with Crippen LogP contribution in [0, 0.1) is 16.0 Å². The number of nitro groups is 1. The highest BCUT2D eigenvalue weighted by Crippen LogP contribution is 2.23. The molecule has 0 aliphatic heterocycles. The number of hydrogen-bond donors (Lipinski definition) is 1. The summed E-state index contributed by atoms with van der Waals surface area (Å²) in [6.07, 6.45) is 1.12. The van der Waals surface area contributed by atoms with E-state index in [1.165, 1.54) is 6.07 Å². The van der Waals surface area contributed by atoms with Crippen LogP contribution in [0.5, 0.6) is 0 Å². The van der Waals surface area contributed by atoms with E-state index in [9.17, 15) is 10.1 Å². The van der Waals surface area contributed by atoms with Gasteiger partial charge in [0.15, 0.2) is 0 Å². The van der Waals surface area contributed by atoms with Gasteiger partial charge < -0.3 is 10.1 Å². The van der Waals surface area contributed by atoms with Crippen molar-refractivity contribution in [2.45, 2.75) is 46.8 Å². The van der Waals surface area contributed by atoms with Crippen molar-refractivity contribution >= 4 is 11.4 Å². The van der Waals surface area contributed by atoms with Crippen LogP contribution in [-0.4, -0.2) is 17.6 Å². The lowest BCUT2D eigenvalue weighted by Gasteiger charge is -2.17. The van der Waals surface area contributed by atoms with Gasteiger partial charge in [-0.25, -0.2) is 0 Å². The van der Waals surface area contributed by atoms with E-state index in [-0.39, 0.29) is 16.7 Å². The van der Waals surface area contributed by atoms with Gasteiger partial charge in [0, 0.05) is 29.9 Å². The van der Waals surface area contributed by atoms with Gasteiger partial charge in [0.25, 0.3) is 5.69 Å². The van der Waals surface area contributed by atoms with Crippen LogP contribution in [0.15, 0.2) is 18.2 Å². The zero-order valence-corrected chi connectivity index (χ0v) is 12.7. The molecule has 0 radical (unpaired) electrons. The second-order valence-electron chi connectivity index (χ2n) is 5.38. The molecule has 1 N–H and O–H groups in total. The maximum absolute atomic E-state index is 10.9. The topological polar surface area (TPSA) is 64.4 Å². The molecule has 0 aromatic heterocycles. The third kappa shape index (κ3) is 5.17. The third-order valence-corrected chi connectivity index (χ3v) is 2.99. The monoisotopic (exact) mass is 280 g/mol. The third-order valence-electron chi connectivity index (χ3n) is 2.99. The first kappa shape index (κ1) is 16.4. The predicted octanol–water partition coefficient (Wildman–Crippen LogP) is 3.98. The normalized spacial score (nSPS) is 12.4. The maximum atomic E-state index is 10.9. The molecule has 1 atom stereocenters. The molecule has 0 aliphatic carbocycles. The molecule has 0 spiro atoms. The Hall–Kier alpha value is -1.62. The van der Waals surface area contributed by atoms with Gasteiger partial charge in [-0.2, -0.15) is 0 Å². The van der Waals surface area contributed by atoms with Crippen molar-refractivity contribution in [1.82, 2.24) is 0 Å². The molecule has 0 saturated heterocycles. The fourth-order valence-electron chi connectivity index (χ4n) is 2.14. The zero-order valence-electron chi connectivity index (χ0n) is 12.7. The molecule has 1 rings (SSSR count). The summed E-state index contributed by atoms with van der Waals surface area (Å²) in [7, 11) is 0. The Morgan fingerprint density at radius 2 is 2.05 bits per heavy atom. The van der Waals surface area contributed by atoms with E-state index in [2.05, 4.69) is 19.2 Å². The minimum absolute atomic E-state index is 0.0989. The molecule has 0 saturated carbocycles. The Morgan fingerprint density at radius 3 is 2.60 bits per heavy atom. The number of non-ortho nitro benzene ring substituents is 1. The number of rotatable bonds is 8. The Bertz CT molecular complexity index is 447. The van der Waals surface area contributed by atoms with E-state index >= 15 is 0 Å². The van der Waals surface area contributed by atoms with Gasteiger partial charge in [-0.15, -0.1) is 0 Å². The Morgan fingerprint density at radius 1 is 1.35 bits per heavy atom. The first-order chi connectivity index (χ1) is 9.43. The van der Waals surface area contributed by atoms with Crippen LogP contribution >= 0.6 is 0 Å². The summed E-state index contributed by atoms with van der Waals surface area (Å²) < 4.78 is 5.80. The van der Waals surface area contributed by atoms with Gasteiger partial charge in [0.2, 0.25) is 0 Å². The molecule has 0 amide bonds. The van der Waals surface area contributed by atoms with Gasteiger partial charge in [-0.05, 0) is 32.3 Å². The van der Waals surface area contributed by atoms with Crippen LogP contribution in [0.1, 0.15) is 39.7 Å². The number of nitro benzene ring substituents is 1. The molecule has 5 heteroatoms. The molecule has 0 bridgehead atoms. The standard InChI is InChI=1S/C15H24N2O3/c1-5-16-15-7-6-14(17(18)19)9-13(15)10-20-12(4)8-11(2)3/h6-7,9,11-12,16H,5,8,10H2,1-4H3. The van der Waals surface area contributed by atoms with Crippen molar-refractivity contribution in [3.05, 3.63) is 33.9 Å². The average Bonchev–Trinajstić information content (AvgIpc) is 2.36. The predicted molar refractivity (Wildman–Crippen MR) is 81.0 cm³/mol. The van der Waals surface area contributed by atoms with Gasteiger partial charge in [-0.3, -0.25) is 10.1 Å². The number of anilines is 1. The molecule has 112 valence electrons. The SMILES string of the molecule is CCNc1ccc([N+](=O)[O-])cc1COC(C)CC(C)C. The van der Waals surface area contributed by atoms with Crippen LogP contribution in [0.4, 0.5) is 11.4 Å². The summed E-state index contributed by atoms with van der Waals surface area (Å²) in [6, 6.07) is 4.84. The Labute approximate surface area is 120 Å². The minimum Gasteiger partial charge on any atom is -0.385 e. The molecule has 0 fully saturated rings. The van der Waals surface area contributed by atoms with E-state index in [1.54, 1.807) is 12.1 Å². The van der Waals surface area contributed by atoms with E-state index < -0.39 is 0 Å². The summed E-state index contributed by atoms with van der Waals surface area (Å²) >= 11 is 0. The first-order valence-electron chi connectivity index (χ1n) is 7.06. The lowest BCUT2D eigenvalue weighted by atomic mass is 10.1. The Balaban J connectivity index is 2.79. The van der Waals surface area contributed by atoms with Crippen molar-refractivity contribution in [1.29, 1.82) is 0 Å². The van der Waals surface area contributed by atoms with Crippen molar-refractivity contribution < 1.29 is 9.66 Å². The smallest absolute Gasteiger partial charge is 0.269 e. The second-order valence-corrected chi connectivity index (χ2v) is 5.38. The van der Waals surface area contributed by atoms with Crippen molar-refractivity contribution in [2.24, 2.45) is 5.92 Å². The maximum Gasteiger partial charge on any atom is 0.269 e. The molecule has 1 aromatic rings. The lowest BCUT2D eigenvalue weighted by molar-refractivity contribution is -0.384. The fraction of sp³-hybridized carbons (Fsp3) is 0.600. The van der Waals surface area contributed by atoms with Crippen LogP contribution in [-0.2, 0) is 11.3 Å². The average molecular weight is 280 g/mol. The highest BCUT2D eigenvalue weighted by molar-refractivity contribution is 5.55. The van der Waals surface area contributed by atoms with Crippen LogP contribution in [0.25, 0.3) is 0 Å². The molecular weight excluding hydrogens is 256 g/mol. The van der Waals surface area contributed by atoms with Crippen LogP contribution < -0.4 is 5.32 Å². The van der Waals surface area contributed by atoms with E-state index in [0.717, 1.165) is 24.2 Å². The molecular formula is C15H24N2O3. The number of hydrogen-bond acceptors (Lipinski definition) is 4. The number of nitrogens with zero attached hydrogens (tertiary/aromatic N) is 1. The first-order valence-corrected chi connectivity index (χ1v) is 7.06. The second kappa shape index (κ2) is 7.85. The summed E-state index contributed by atoms with van der Waals surface area (Å²) in [5.41, 5.74) is 1.83. The number of benzene rings is 1. The van der Waals surface area contributed by atoms with E-state index in [1.807, 2.05) is 13.8 Å². The van der Waals surface area contributed by atoms with Crippen LogP contribution in [0.2, 0.25) is 0 Å². The van der Waals surface area contributed by atoms with Crippen LogP contribution in [0.3, 0.4) is 0 Å². The summed E-state index contributed by atoms with van der Waals surface area (Å²) in [5.74, 6) is 0.573. The molecule has 0 heterocycles. The molecule has 1 unspecified atom stereocenters. The lowest BCUT2D eigenvalue weighted by Crippen LogP contribution is -2.12. The van der Waals surface area contributed by atoms with Gasteiger partial charge in [0.1, 0.15) is 0 Å². The van der Waals surface area contributed by atoms with Crippen molar-refractivity contribution in [2.75, 3.05) is 11.9 Å². The van der Waals surface area contributed by atoms with E-state index in [0.29, 0.717) is 12.5 Å². The zero-order chi connectivity index (χ0) is 15.1. The molecule has 1 aromatic carbocycles. The van der Waals surface area contributed by atoms with Gasteiger partial charge in [-0.1, -0.05) is 13.8 Å². The Kier molecular flexibility index (Phi) is 6.45. The molecule has 0 aliphatic rings. The number of ether oxygens (including phenoxy) is 1. The fourth-order valence-corrected chi connectivity index (χ4v) is 2.14. The van der Waals surface area contributed by atoms with Crippen molar-refractivity contribution in [3.8, 4) is 0 Å². The highest BCUT2D eigenvalue weighted by atomic mass is 16.6. The largest absolute Gasteiger partial charge is 0.385 e. The minimum atomic E-state index is -0.378. The summed E-state index contributed by atoms with van der Waals surface area (Å²) in [5, 5.41) is 14.1. The summed E-state index contributed by atoms with van der Waals surface area (Å²) in [6.45, 7) is 9.48. The quantitative estimate of drug-likeness (QED) is 0.578. The van der Waals surface area contributed by atoms with Gasteiger partial charge in [0.05, 0.1) is 17.6 Å². The molecule has 5 nitrogen and oxygen atoms in total. The molecule has 20 heavy (non-hydrogen) atoms. The van der Waals surface area contributed by atoms with E-state index in [4.69, 9.17) is 4.74 Å². The summed E-state index contributed by atoms with van der Waals surface area (Å²) in [4.78, 5) is 10.5. The number of nitrogens with one attached hydrogen (secondary N) is 1. The van der Waals surface area contributed by atoms with Crippen molar-refractivity contribution in [3.63, 3.8) is 0 Å². The highest BCUT2D eigenvalue weighted by Gasteiger charge is 2.12.